The van der Waals surface area contributed by atoms with Crippen LogP contribution in [0.4, 0.5) is 21.5 Å². The molecule has 13 heteroatoms. The quantitative estimate of drug-likeness (QED) is 0.262. The molecule has 0 bridgehead atoms. The van der Waals surface area contributed by atoms with Crippen molar-refractivity contribution in [2.45, 2.75) is 25.8 Å². The number of nitrogens with zero attached hydrogens (tertiary/aromatic N) is 3. The highest BCUT2D eigenvalue weighted by Gasteiger charge is 2.30. The zero-order valence-electron chi connectivity index (χ0n) is 20.7. The first-order valence-corrected chi connectivity index (χ1v) is 14.3. The average molecular weight is 650 g/mol. The lowest BCUT2D eigenvalue weighted by molar-refractivity contribution is 0.593. The number of anilines is 3. The summed E-state index contributed by atoms with van der Waals surface area (Å²) in [5, 5.41) is 7.85. The number of hydrogen-bond acceptors (Lipinski definition) is 6. The van der Waals surface area contributed by atoms with E-state index in [9.17, 15) is 22.4 Å². The lowest BCUT2D eigenvalue weighted by atomic mass is 10.0. The summed E-state index contributed by atoms with van der Waals surface area (Å²) in [7, 11) is -0.942. The maximum atomic E-state index is 14.8. The molecule has 1 aliphatic rings. The van der Waals surface area contributed by atoms with Crippen molar-refractivity contribution < 1.29 is 12.8 Å². The molecule has 1 fully saturated rings. The Hall–Kier alpha value is -3.30. The van der Waals surface area contributed by atoms with Crippen molar-refractivity contribution in [2.75, 3.05) is 17.1 Å². The summed E-state index contributed by atoms with van der Waals surface area (Å²) in [4.78, 5) is 27.1. The molecular weight excluding hydrogens is 626 g/mol. The highest BCUT2D eigenvalue weighted by Crippen LogP contribution is 2.37. The van der Waals surface area contributed by atoms with Crippen LogP contribution >= 0.6 is 22.6 Å². The average Bonchev–Trinajstić information content (AvgIpc) is 3.72. The number of fused-ring (bicyclic) bond motifs is 1. The van der Waals surface area contributed by atoms with E-state index in [0.29, 0.717) is 14.8 Å². The van der Waals surface area contributed by atoms with E-state index in [-0.39, 0.29) is 45.1 Å². The van der Waals surface area contributed by atoms with Gasteiger partial charge < -0.3 is 9.88 Å². The van der Waals surface area contributed by atoms with Gasteiger partial charge in [-0.25, -0.2) is 13.8 Å². The second-order valence-corrected chi connectivity index (χ2v) is 11.9. The minimum atomic E-state index is -3.78. The van der Waals surface area contributed by atoms with Crippen molar-refractivity contribution in [3.63, 3.8) is 0 Å². The Morgan fingerprint density at radius 2 is 1.84 bits per heavy atom. The van der Waals surface area contributed by atoms with Crippen LogP contribution in [0.15, 0.2) is 52.1 Å². The van der Waals surface area contributed by atoms with Crippen LogP contribution in [0.2, 0.25) is 0 Å². The standard InChI is InChI=1S/C25H24FIN6O4S/c1-13-21(29-19-10-7-15(27)12-18(19)26)20-23(32(3)24(13)34)22(30-33(25(20)35)17-8-9-17)14-5-4-6-16(11-14)31-38(36,37)28-2/h4-7,10-12,17,28-29,31H,8-9H2,1-3H3. The van der Waals surface area contributed by atoms with Gasteiger partial charge in [-0.05, 0) is 72.7 Å². The molecule has 38 heavy (non-hydrogen) atoms. The van der Waals surface area contributed by atoms with Gasteiger partial charge in [0.05, 0.1) is 34.0 Å². The Morgan fingerprint density at radius 1 is 1.11 bits per heavy atom. The first kappa shape index (κ1) is 26.3. The van der Waals surface area contributed by atoms with E-state index in [4.69, 9.17) is 0 Å². The van der Waals surface area contributed by atoms with Crippen molar-refractivity contribution in [3.05, 3.63) is 78.1 Å². The second-order valence-electron chi connectivity index (χ2n) is 9.06. The third kappa shape index (κ3) is 4.80. The van der Waals surface area contributed by atoms with Gasteiger partial charge in [-0.1, -0.05) is 12.1 Å². The fourth-order valence-electron chi connectivity index (χ4n) is 4.31. The minimum Gasteiger partial charge on any atom is -0.352 e. The second kappa shape index (κ2) is 9.78. The van der Waals surface area contributed by atoms with Gasteiger partial charge in [-0.3, -0.25) is 14.3 Å². The monoisotopic (exact) mass is 650 g/mol. The Balaban J connectivity index is 1.82. The summed E-state index contributed by atoms with van der Waals surface area (Å²) in [6, 6.07) is 11.1. The van der Waals surface area contributed by atoms with Crippen LogP contribution in [-0.4, -0.2) is 29.8 Å². The van der Waals surface area contributed by atoms with Gasteiger partial charge in [0.25, 0.3) is 21.3 Å². The van der Waals surface area contributed by atoms with Crippen LogP contribution in [0.25, 0.3) is 22.2 Å². The number of hydrogen-bond donors (Lipinski definition) is 3. The molecule has 0 amide bonds. The van der Waals surface area contributed by atoms with Crippen molar-refractivity contribution in [1.29, 1.82) is 0 Å². The smallest absolute Gasteiger partial charge is 0.298 e. The fraction of sp³-hybridized carbons (Fsp3) is 0.240. The van der Waals surface area contributed by atoms with Gasteiger partial charge in [0.1, 0.15) is 11.5 Å². The molecule has 3 N–H and O–H groups in total. The van der Waals surface area contributed by atoms with E-state index in [1.807, 2.05) is 22.6 Å². The zero-order valence-corrected chi connectivity index (χ0v) is 23.6. The van der Waals surface area contributed by atoms with Crippen LogP contribution in [-0.2, 0) is 17.3 Å². The molecule has 4 aromatic rings. The number of halogens is 2. The summed E-state index contributed by atoms with van der Waals surface area (Å²) in [5.74, 6) is -0.522. The molecule has 0 aliphatic heterocycles. The number of aromatic nitrogens is 3. The van der Waals surface area contributed by atoms with Crippen LogP contribution in [0.3, 0.4) is 0 Å². The van der Waals surface area contributed by atoms with Crippen LogP contribution in [0.1, 0.15) is 24.4 Å². The zero-order chi connectivity index (χ0) is 27.4. The molecule has 2 aromatic carbocycles. The third-order valence-corrected chi connectivity index (χ3v) is 8.13. The summed E-state index contributed by atoms with van der Waals surface area (Å²) in [6.07, 6.45) is 1.55. The van der Waals surface area contributed by atoms with Gasteiger partial charge in [0.2, 0.25) is 0 Å². The van der Waals surface area contributed by atoms with Crippen molar-refractivity contribution >= 4 is 60.8 Å². The Morgan fingerprint density at radius 3 is 2.50 bits per heavy atom. The van der Waals surface area contributed by atoms with Crippen LogP contribution < -0.4 is 25.9 Å². The first-order valence-electron chi connectivity index (χ1n) is 11.7. The molecule has 0 unspecified atom stereocenters. The predicted molar refractivity (Wildman–Crippen MR) is 154 cm³/mol. The molecule has 1 aliphatic carbocycles. The van der Waals surface area contributed by atoms with E-state index in [1.165, 1.54) is 22.4 Å². The molecule has 0 saturated heterocycles. The maximum Gasteiger partial charge on any atom is 0.298 e. The number of aryl methyl sites for hydroxylation is 1. The van der Waals surface area contributed by atoms with E-state index < -0.39 is 21.6 Å². The lowest BCUT2D eigenvalue weighted by Gasteiger charge is -2.19. The van der Waals surface area contributed by atoms with E-state index in [1.54, 1.807) is 50.4 Å². The highest BCUT2D eigenvalue weighted by molar-refractivity contribution is 14.1. The summed E-state index contributed by atoms with van der Waals surface area (Å²) < 4.78 is 47.0. The van der Waals surface area contributed by atoms with Gasteiger partial charge in [0.15, 0.2) is 0 Å². The normalized spacial score (nSPS) is 13.6. The first-order chi connectivity index (χ1) is 18.0. The number of rotatable bonds is 7. The Bertz CT molecular complexity index is 1830. The highest BCUT2D eigenvalue weighted by atomic mass is 127. The lowest BCUT2D eigenvalue weighted by Crippen LogP contribution is -2.30. The Kier molecular flexibility index (Phi) is 6.77. The largest absolute Gasteiger partial charge is 0.352 e. The van der Waals surface area contributed by atoms with Gasteiger partial charge in [-0.2, -0.15) is 13.5 Å². The summed E-state index contributed by atoms with van der Waals surface area (Å²) in [5.41, 5.74) is 1.14. The van der Waals surface area contributed by atoms with Gasteiger partial charge in [-0.15, -0.1) is 0 Å². The van der Waals surface area contributed by atoms with Crippen molar-refractivity contribution in [3.8, 4) is 11.3 Å². The molecule has 0 spiro atoms. The molecular formula is C25H24FIN6O4S. The Labute approximate surface area is 231 Å². The predicted octanol–water partition coefficient (Wildman–Crippen LogP) is 3.77. The number of pyridine rings is 1. The SMILES string of the molecule is CNS(=O)(=O)Nc1cccc(-c2nn(C3CC3)c(=O)c3c(Nc4ccc(I)cc4F)c(C)c(=O)n(C)c23)c1. The van der Waals surface area contributed by atoms with Crippen molar-refractivity contribution in [2.24, 2.45) is 7.05 Å². The molecule has 0 atom stereocenters. The summed E-state index contributed by atoms with van der Waals surface area (Å²) >= 11 is 2.00. The van der Waals surface area contributed by atoms with E-state index in [2.05, 4.69) is 19.9 Å². The molecule has 1 saturated carbocycles. The van der Waals surface area contributed by atoms with Crippen molar-refractivity contribution in [1.82, 2.24) is 19.1 Å². The number of nitrogens with one attached hydrogen (secondary N) is 3. The van der Waals surface area contributed by atoms with Gasteiger partial charge in [0, 0.05) is 28.8 Å². The third-order valence-electron chi connectivity index (χ3n) is 6.42. The topological polar surface area (TPSA) is 127 Å². The molecule has 5 rings (SSSR count). The van der Waals surface area contributed by atoms with Crippen LogP contribution in [0, 0.1) is 16.3 Å². The molecule has 2 aromatic heterocycles. The van der Waals surface area contributed by atoms with E-state index in [0.717, 1.165) is 12.8 Å². The summed E-state index contributed by atoms with van der Waals surface area (Å²) in [6.45, 7) is 1.59. The maximum absolute atomic E-state index is 14.8. The van der Waals surface area contributed by atoms with E-state index >= 15 is 0 Å². The fourth-order valence-corrected chi connectivity index (χ4v) is 5.31. The van der Waals surface area contributed by atoms with Gasteiger partial charge >= 0.3 is 0 Å². The van der Waals surface area contributed by atoms with Crippen LogP contribution in [0.5, 0.6) is 0 Å². The molecule has 0 radical (unpaired) electrons. The molecule has 2 heterocycles. The molecule has 198 valence electrons. The minimum absolute atomic E-state index is 0.0999. The molecule has 10 nitrogen and oxygen atoms in total. The number of benzene rings is 2.